The van der Waals surface area contributed by atoms with Crippen LogP contribution in [-0.2, 0) is 4.79 Å². The molecule has 0 N–H and O–H groups in total. The van der Waals surface area contributed by atoms with E-state index in [1.54, 1.807) is 37.3 Å². The van der Waals surface area contributed by atoms with E-state index in [9.17, 15) is 9.59 Å². The molecule has 86 valence electrons. The van der Waals surface area contributed by atoms with Gasteiger partial charge in [0.15, 0.2) is 0 Å². The SMILES string of the molecule is CC1(C(=O)C(=O)c2ccccn2)C=CC=CC1. The number of aromatic nitrogens is 1. The van der Waals surface area contributed by atoms with E-state index in [0.29, 0.717) is 6.42 Å². The molecule has 3 heteroatoms. The highest BCUT2D eigenvalue weighted by atomic mass is 16.2. The molecule has 0 radical (unpaired) electrons. The summed E-state index contributed by atoms with van der Waals surface area (Å²) in [5, 5.41) is 0. The average Bonchev–Trinajstić information content (AvgIpc) is 2.39. The van der Waals surface area contributed by atoms with E-state index >= 15 is 0 Å². The van der Waals surface area contributed by atoms with E-state index in [2.05, 4.69) is 4.98 Å². The third-order valence-corrected chi connectivity index (χ3v) is 2.88. The molecule has 1 aliphatic carbocycles. The monoisotopic (exact) mass is 227 g/mol. The van der Waals surface area contributed by atoms with Gasteiger partial charge in [0.25, 0.3) is 0 Å². The first-order valence-electron chi connectivity index (χ1n) is 5.48. The van der Waals surface area contributed by atoms with Gasteiger partial charge < -0.3 is 0 Å². The van der Waals surface area contributed by atoms with Gasteiger partial charge in [-0.05, 0) is 25.5 Å². The van der Waals surface area contributed by atoms with Crippen molar-refractivity contribution in [3.8, 4) is 0 Å². The molecule has 0 spiro atoms. The Morgan fingerprint density at radius 1 is 1.29 bits per heavy atom. The zero-order valence-electron chi connectivity index (χ0n) is 9.59. The molecule has 0 aromatic carbocycles. The number of hydrogen-bond donors (Lipinski definition) is 0. The molecule has 1 aromatic rings. The van der Waals surface area contributed by atoms with Crippen LogP contribution in [0.15, 0.2) is 48.7 Å². The van der Waals surface area contributed by atoms with Gasteiger partial charge in [0.2, 0.25) is 11.6 Å². The standard InChI is InChI=1S/C14H13NO2/c1-14(8-4-2-5-9-14)13(17)12(16)11-7-3-6-10-15-11/h2-8,10H,9H2,1H3. The normalized spacial score (nSPS) is 22.4. The summed E-state index contributed by atoms with van der Waals surface area (Å²) in [6.07, 6.45) is 9.41. The molecule has 0 amide bonds. The van der Waals surface area contributed by atoms with Crippen molar-refractivity contribution in [1.82, 2.24) is 4.98 Å². The predicted octanol–water partition coefficient (Wildman–Crippen LogP) is 2.36. The van der Waals surface area contributed by atoms with Gasteiger partial charge in [-0.1, -0.05) is 30.4 Å². The van der Waals surface area contributed by atoms with Gasteiger partial charge in [-0.25, -0.2) is 0 Å². The van der Waals surface area contributed by atoms with Crippen LogP contribution in [0.2, 0.25) is 0 Å². The molecule has 0 saturated carbocycles. The Morgan fingerprint density at radius 3 is 2.71 bits per heavy atom. The summed E-state index contributed by atoms with van der Waals surface area (Å²) in [6, 6.07) is 4.98. The Labute approximate surface area is 99.9 Å². The second-order valence-corrected chi connectivity index (χ2v) is 4.28. The summed E-state index contributed by atoms with van der Waals surface area (Å²) in [5.74, 6) is -0.926. The zero-order valence-corrected chi connectivity index (χ0v) is 9.59. The van der Waals surface area contributed by atoms with Crippen molar-refractivity contribution < 1.29 is 9.59 Å². The van der Waals surface area contributed by atoms with Crippen LogP contribution in [0, 0.1) is 5.41 Å². The van der Waals surface area contributed by atoms with Crippen molar-refractivity contribution in [2.45, 2.75) is 13.3 Å². The molecule has 1 aliphatic rings. The second kappa shape index (κ2) is 4.45. The van der Waals surface area contributed by atoms with Gasteiger partial charge >= 0.3 is 0 Å². The van der Waals surface area contributed by atoms with Crippen LogP contribution >= 0.6 is 0 Å². The Balaban J connectivity index is 2.24. The number of hydrogen-bond acceptors (Lipinski definition) is 3. The Hall–Kier alpha value is -2.03. The van der Waals surface area contributed by atoms with Crippen molar-refractivity contribution in [3.05, 3.63) is 54.4 Å². The maximum absolute atomic E-state index is 12.1. The largest absolute Gasteiger partial charge is 0.289 e. The lowest BCUT2D eigenvalue weighted by Gasteiger charge is -2.23. The summed E-state index contributed by atoms with van der Waals surface area (Å²) in [5.41, 5.74) is -0.523. The lowest BCUT2D eigenvalue weighted by atomic mass is 9.78. The molecule has 1 aromatic heterocycles. The van der Waals surface area contributed by atoms with Gasteiger partial charge in [0.05, 0.1) is 5.41 Å². The summed E-state index contributed by atoms with van der Waals surface area (Å²) >= 11 is 0. The third-order valence-electron chi connectivity index (χ3n) is 2.88. The molecule has 0 aliphatic heterocycles. The van der Waals surface area contributed by atoms with Gasteiger partial charge in [-0.3, -0.25) is 14.6 Å². The number of carbonyl (C=O) groups excluding carboxylic acids is 2. The van der Waals surface area contributed by atoms with Crippen molar-refractivity contribution in [1.29, 1.82) is 0 Å². The van der Waals surface area contributed by atoms with E-state index in [-0.39, 0.29) is 5.69 Å². The summed E-state index contributed by atoms with van der Waals surface area (Å²) in [7, 11) is 0. The van der Waals surface area contributed by atoms with Crippen LogP contribution in [0.1, 0.15) is 23.8 Å². The molecule has 17 heavy (non-hydrogen) atoms. The van der Waals surface area contributed by atoms with Crippen molar-refractivity contribution in [3.63, 3.8) is 0 Å². The van der Waals surface area contributed by atoms with Crippen LogP contribution < -0.4 is 0 Å². The summed E-state index contributed by atoms with van der Waals surface area (Å²) < 4.78 is 0. The number of Topliss-reactive ketones (excluding diaryl/α,β-unsaturated/α-hetero) is 2. The van der Waals surface area contributed by atoms with Crippen LogP contribution in [0.5, 0.6) is 0 Å². The lowest BCUT2D eigenvalue weighted by Crippen LogP contribution is -2.33. The van der Waals surface area contributed by atoms with Crippen molar-refractivity contribution >= 4 is 11.6 Å². The van der Waals surface area contributed by atoms with Crippen LogP contribution in [-0.4, -0.2) is 16.6 Å². The number of carbonyl (C=O) groups is 2. The quantitative estimate of drug-likeness (QED) is 0.588. The first-order valence-corrected chi connectivity index (χ1v) is 5.48. The molecular formula is C14H13NO2. The smallest absolute Gasteiger partial charge is 0.247 e. The molecule has 1 atom stereocenters. The number of pyridine rings is 1. The van der Waals surface area contributed by atoms with Gasteiger partial charge in [0, 0.05) is 6.20 Å². The number of allylic oxidation sites excluding steroid dienone is 4. The summed E-state index contributed by atoms with van der Waals surface area (Å²) in [6.45, 7) is 1.77. The van der Waals surface area contributed by atoms with E-state index in [1.165, 1.54) is 6.20 Å². The summed E-state index contributed by atoms with van der Waals surface area (Å²) in [4.78, 5) is 28.0. The lowest BCUT2D eigenvalue weighted by molar-refractivity contribution is -0.121. The molecule has 1 unspecified atom stereocenters. The van der Waals surface area contributed by atoms with Crippen LogP contribution in [0.4, 0.5) is 0 Å². The molecular weight excluding hydrogens is 214 g/mol. The van der Waals surface area contributed by atoms with Crippen LogP contribution in [0.3, 0.4) is 0 Å². The Kier molecular flexibility index (Phi) is 3.00. The van der Waals surface area contributed by atoms with E-state index in [1.807, 2.05) is 12.2 Å². The Morgan fingerprint density at radius 2 is 2.12 bits per heavy atom. The fraction of sp³-hybridized carbons (Fsp3) is 0.214. The first-order chi connectivity index (χ1) is 8.13. The van der Waals surface area contributed by atoms with Gasteiger partial charge in [-0.15, -0.1) is 0 Å². The van der Waals surface area contributed by atoms with Crippen molar-refractivity contribution in [2.75, 3.05) is 0 Å². The number of rotatable bonds is 3. The molecule has 3 nitrogen and oxygen atoms in total. The van der Waals surface area contributed by atoms with Gasteiger partial charge in [-0.2, -0.15) is 0 Å². The maximum atomic E-state index is 12.1. The molecule has 1 heterocycles. The highest BCUT2D eigenvalue weighted by Gasteiger charge is 2.35. The first kappa shape index (κ1) is 11.5. The Bertz CT molecular complexity index is 502. The highest BCUT2D eigenvalue weighted by molar-refractivity contribution is 6.45. The third kappa shape index (κ3) is 2.23. The van der Waals surface area contributed by atoms with Crippen molar-refractivity contribution in [2.24, 2.45) is 5.41 Å². The maximum Gasteiger partial charge on any atom is 0.247 e. The zero-order chi connectivity index (χ0) is 12.3. The number of nitrogens with zero attached hydrogens (tertiary/aromatic N) is 1. The second-order valence-electron chi connectivity index (χ2n) is 4.28. The topological polar surface area (TPSA) is 47.0 Å². The minimum Gasteiger partial charge on any atom is -0.289 e. The fourth-order valence-electron chi connectivity index (χ4n) is 1.77. The number of ketones is 2. The molecule has 0 fully saturated rings. The highest BCUT2D eigenvalue weighted by Crippen LogP contribution is 2.29. The average molecular weight is 227 g/mol. The molecule has 2 rings (SSSR count). The van der Waals surface area contributed by atoms with Crippen LogP contribution in [0.25, 0.3) is 0 Å². The predicted molar refractivity (Wildman–Crippen MR) is 64.6 cm³/mol. The molecule has 0 bridgehead atoms. The van der Waals surface area contributed by atoms with E-state index in [0.717, 1.165) is 0 Å². The fourth-order valence-corrected chi connectivity index (χ4v) is 1.77. The minimum atomic E-state index is -0.733. The van der Waals surface area contributed by atoms with Gasteiger partial charge in [0.1, 0.15) is 5.69 Å². The van der Waals surface area contributed by atoms with E-state index < -0.39 is 17.0 Å². The van der Waals surface area contributed by atoms with E-state index in [4.69, 9.17) is 0 Å². The minimum absolute atomic E-state index is 0.210. The molecule has 0 saturated heterocycles.